The Morgan fingerprint density at radius 3 is 2.26 bits per heavy atom. The first-order chi connectivity index (χ1) is 15.8. The molecule has 0 saturated heterocycles. The predicted molar refractivity (Wildman–Crippen MR) is 129 cm³/mol. The van der Waals surface area contributed by atoms with E-state index in [1.54, 1.807) is 9.48 Å². The quantitative estimate of drug-likeness (QED) is 0.0739. The minimum Gasteiger partial charge on any atom is -0.748 e. The smallest absolute Gasteiger partial charge is 0.748 e. The number of hydrogen-bond donors (Lipinski definition) is 2. The Bertz CT molecular complexity index is 727. The molecule has 0 amide bonds. The van der Waals surface area contributed by atoms with Crippen LogP contribution in [0.4, 0.5) is 0 Å². The molecule has 0 aliphatic carbocycles. The van der Waals surface area contributed by atoms with Crippen LogP contribution in [0.5, 0.6) is 0 Å². The number of nitrogens with zero attached hydrogens (tertiary/aromatic N) is 2. The van der Waals surface area contributed by atoms with Gasteiger partial charge in [-0.25, -0.2) is 8.42 Å². The van der Waals surface area contributed by atoms with Gasteiger partial charge in [-0.15, -0.1) is 0 Å². The molecule has 0 radical (unpaired) electrons. The van der Waals surface area contributed by atoms with E-state index in [9.17, 15) is 28.0 Å². The van der Waals surface area contributed by atoms with Crippen molar-refractivity contribution in [1.82, 2.24) is 4.90 Å². The molecular formula is C24H44N2NaO6S+. The Morgan fingerprint density at radius 2 is 1.68 bits per heavy atom. The third-order valence-corrected chi connectivity index (χ3v) is 6.64. The Labute approximate surface area is 228 Å². The SMILES string of the molecule is CCCCCCCCCC/C=C/CCCC(=O)C1=[N+](CC(O)CS(=O)(=O)[O-])CCN1CCO.[Na+]. The van der Waals surface area contributed by atoms with Crippen molar-refractivity contribution < 1.29 is 62.1 Å². The van der Waals surface area contributed by atoms with E-state index >= 15 is 0 Å². The molecule has 8 nitrogen and oxygen atoms in total. The summed E-state index contributed by atoms with van der Waals surface area (Å²) in [6, 6.07) is 0. The normalized spacial score (nSPS) is 15.2. The Hall–Kier alpha value is -0.290. The van der Waals surface area contributed by atoms with Crippen LogP contribution >= 0.6 is 0 Å². The summed E-state index contributed by atoms with van der Waals surface area (Å²) in [7, 11) is -4.54. The van der Waals surface area contributed by atoms with Gasteiger partial charge in [-0.05, 0) is 25.7 Å². The number of aliphatic hydroxyl groups excluding tert-OH is 2. The van der Waals surface area contributed by atoms with Crippen LogP contribution in [0.1, 0.15) is 84.0 Å². The number of β-amino-alcohol motifs (C(OH)–C–C–N with tert-alkyl or cyclic N) is 2. The van der Waals surface area contributed by atoms with Crippen molar-refractivity contribution in [1.29, 1.82) is 0 Å². The zero-order valence-electron chi connectivity index (χ0n) is 21.3. The number of hydrogen-bond acceptors (Lipinski definition) is 7. The molecule has 0 aromatic heterocycles. The second kappa shape index (κ2) is 19.8. The zero-order valence-corrected chi connectivity index (χ0v) is 24.1. The fourth-order valence-electron chi connectivity index (χ4n) is 4.19. The fraction of sp³-hybridized carbons (Fsp3) is 0.833. The topological polar surface area (TPSA) is 121 Å². The standard InChI is InChI=1S/C24H44N2O6S.Na/c1-2-3-4-5-6-7-8-9-10-11-12-13-14-15-23(29)24-25(18-19-27)16-17-26(24)20-22(28)21-33(30,31)32;/h11-12,22,27-28H,2-10,13-21H2,1H3;/q;+1/b12-11+;. The Balaban J connectivity index is 0.0000109. The maximum absolute atomic E-state index is 12.8. The van der Waals surface area contributed by atoms with E-state index in [2.05, 4.69) is 19.1 Å². The van der Waals surface area contributed by atoms with Gasteiger partial charge in [0.25, 0.3) is 0 Å². The number of carbonyl (C=O) groups excluding carboxylic acids is 1. The second-order valence-corrected chi connectivity index (χ2v) is 10.4. The van der Waals surface area contributed by atoms with Crippen molar-refractivity contribution >= 4 is 21.7 Å². The number of ketones is 1. The average Bonchev–Trinajstić information content (AvgIpc) is 3.12. The number of rotatable bonds is 20. The first-order valence-electron chi connectivity index (χ1n) is 12.6. The molecule has 1 rings (SSSR count). The van der Waals surface area contributed by atoms with Crippen LogP contribution in [-0.2, 0) is 14.9 Å². The van der Waals surface area contributed by atoms with E-state index in [4.69, 9.17) is 0 Å². The number of carbonyl (C=O) groups is 1. The summed E-state index contributed by atoms with van der Waals surface area (Å²) in [6.45, 7) is 3.28. The van der Waals surface area contributed by atoms with E-state index < -0.39 is 22.0 Å². The second-order valence-electron chi connectivity index (χ2n) is 8.91. The third-order valence-electron chi connectivity index (χ3n) is 5.85. The molecule has 2 N–H and O–H groups in total. The first kappa shape index (κ1) is 33.7. The van der Waals surface area contributed by atoms with E-state index in [1.165, 1.54) is 51.4 Å². The van der Waals surface area contributed by atoms with Gasteiger partial charge in [0, 0.05) is 6.42 Å². The number of Topliss-reactive ketones (excluding diaryl/α,β-unsaturated/α-hetero) is 1. The van der Waals surface area contributed by atoms with Crippen molar-refractivity contribution in [2.24, 2.45) is 0 Å². The molecule has 0 aromatic rings. The maximum atomic E-state index is 12.8. The van der Waals surface area contributed by atoms with Crippen molar-refractivity contribution in [2.45, 2.75) is 90.1 Å². The van der Waals surface area contributed by atoms with Gasteiger partial charge in [0.1, 0.15) is 32.3 Å². The molecule has 1 atom stereocenters. The molecule has 1 unspecified atom stereocenters. The van der Waals surface area contributed by atoms with Crippen molar-refractivity contribution in [2.75, 3.05) is 38.5 Å². The number of unbranched alkanes of at least 4 members (excludes halogenated alkanes) is 9. The zero-order chi connectivity index (χ0) is 24.5. The summed E-state index contributed by atoms with van der Waals surface area (Å²) in [5.41, 5.74) is 0. The fourth-order valence-corrected chi connectivity index (χ4v) is 4.77. The van der Waals surface area contributed by atoms with E-state index in [0.717, 1.165) is 12.8 Å². The van der Waals surface area contributed by atoms with Gasteiger partial charge < -0.3 is 14.8 Å². The summed E-state index contributed by atoms with van der Waals surface area (Å²) in [5.74, 6) is -0.571. The van der Waals surface area contributed by atoms with Gasteiger partial charge in [0.15, 0.2) is 0 Å². The van der Waals surface area contributed by atoms with Gasteiger partial charge in [0.05, 0.1) is 22.5 Å². The molecule has 0 fully saturated rings. The van der Waals surface area contributed by atoms with E-state index in [-0.39, 0.29) is 48.5 Å². The van der Waals surface area contributed by atoms with Crippen molar-refractivity contribution in [3.8, 4) is 0 Å². The largest absolute Gasteiger partial charge is 1.00 e. The third kappa shape index (κ3) is 15.7. The summed E-state index contributed by atoms with van der Waals surface area (Å²) < 4.78 is 34.3. The molecule has 1 heterocycles. The number of allylic oxidation sites excluding steroid dienone is 2. The Kier molecular flexibility index (Phi) is 19.7. The van der Waals surface area contributed by atoms with Gasteiger partial charge in [-0.3, -0.25) is 14.3 Å². The molecular weight excluding hydrogens is 467 g/mol. The van der Waals surface area contributed by atoms with Crippen molar-refractivity contribution in [3.63, 3.8) is 0 Å². The van der Waals surface area contributed by atoms with Crippen molar-refractivity contribution in [3.05, 3.63) is 12.2 Å². The molecule has 1 aliphatic heterocycles. The van der Waals surface area contributed by atoms with Gasteiger partial charge >= 0.3 is 35.4 Å². The van der Waals surface area contributed by atoms with Crippen LogP contribution in [0, 0.1) is 0 Å². The molecule has 192 valence electrons. The molecule has 0 saturated carbocycles. The van der Waals surface area contributed by atoms with E-state index in [0.29, 0.717) is 38.3 Å². The van der Waals surface area contributed by atoms with Crippen LogP contribution in [-0.4, -0.2) is 88.9 Å². The average molecular weight is 512 g/mol. The van der Waals surface area contributed by atoms with E-state index in [1.807, 2.05) is 0 Å². The summed E-state index contributed by atoms with van der Waals surface area (Å²) >= 11 is 0. The maximum Gasteiger partial charge on any atom is 1.00 e. The molecule has 10 heteroatoms. The Morgan fingerprint density at radius 1 is 1.09 bits per heavy atom. The molecule has 0 spiro atoms. The number of amidine groups is 1. The minimum atomic E-state index is -4.54. The first-order valence-corrected chi connectivity index (χ1v) is 14.1. The molecule has 1 aliphatic rings. The summed E-state index contributed by atoms with van der Waals surface area (Å²) in [6.07, 6.45) is 16.3. The van der Waals surface area contributed by atoms with Crippen LogP contribution < -0.4 is 29.6 Å². The predicted octanol–water partition coefficient (Wildman–Crippen LogP) is -0.558. The van der Waals surface area contributed by atoms with Crippen LogP contribution in [0.15, 0.2) is 12.2 Å². The number of aliphatic hydroxyl groups is 2. The summed E-state index contributed by atoms with van der Waals surface area (Å²) in [5, 5.41) is 19.2. The molecule has 34 heavy (non-hydrogen) atoms. The summed E-state index contributed by atoms with van der Waals surface area (Å²) in [4.78, 5) is 14.6. The monoisotopic (exact) mass is 511 g/mol. The van der Waals surface area contributed by atoms with Crippen LogP contribution in [0.25, 0.3) is 0 Å². The van der Waals surface area contributed by atoms with Gasteiger partial charge in [0.2, 0.25) is 5.78 Å². The van der Waals surface area contributed by atoms with Gasteiger partial charge in [-0.1, -0.05) is 64.0 Å². The van der Waals surface area contributed by atoms with Crippen LogP contribution in [0.3, 0.4) is 0 Å². The molecule has 0 bridgehead atoms. The molecule has 0 aromatic carbocycles. The minimum absolute atomic E-state index is 0. The van der Waals surface area contributed by atoms with Gasteiger partial charge in [-0.2, -0.15) is 0 Å². The van der Waals surface area contributed by atoms with Crippen LogP contribution in [0.2, 0.25) is 0 Å².